The second-order valence-electron chi connectivity index (χ2n) is 5.64. The van der Waals surface area contributed by atoms with Gasteiger partial charge in [-0.25, -0.2) is 18.1 Å². The lowest BCUT2D eigenvalue weighted by Gasteiger charge is -2.19. The molecular formula is C14H20ClN3O2S2. The van der Waals surface area contributed by atoms with Gasteiger partial charge in [0, 0.05) is 28.7 Å². The largest absolute Gasteiger partial charge is 0.324 e. The molecule has 0 aliphatic heterocycles. The van der Waals surface area contributed by atoms with E-state index in [1.807, 2.05) is 18.4 Å². The van der Waals surface area contributed by atoms with Crippen LogP contribution in [0.5, 0.6) is 0 Å². The molecule has 1 aromatic heterocycles. The number of nitrogens with zero attached hydrogens (tertiary/aromatic N) is 1. The summed E-state index contributed by atoms with van der Waals surface area (Å²) in [6.07, 6.45) is 0. The monoisotopic (exact) mass is 361 g/mol. The number of nitrogens with one attached hydrogen (secondary N) is 1. The van der Waals surface area contributed by atoms with Gasteiger partial charge >= 0.3 is 0 Å². The van der Waals surface area contributed by atoms with E-state index in [-0.39, 0.29) is 23.8 Å². The molecule has 8 heteroatoms. The Hall–Kier alpha value is -0.990. The van der Waals surface area contributed by atoms with Gasteiger partial charge in [-0.3, -0.25) is 0 Å². The third kappa shape index (κ3) is 5.03. The Morgan fingerprint density at radius 3 is 2.59 bits per heavy atom. The smallest absolute Gasteiger partial charge is 0.240 e. The highest BCUT2D eigenvalue weighted by Crippen LogP contribution is 2.25. The lowest BCUT2D eigenvalue weighted by Crippen LogP contribution is -2.45. The Morgan fingerprint density at radius 2 is 2.05 bits per heavy atom. The summed E-state index contributed by atoms with van der Waals surface area (Å²) in [5.41, 5.74) is 6.93. The molecule has 2 rings (SSSR count). The molecule has 1 aromatic carbocycles. The molecule has 0 aliphatic carbocycles. The zero-order chi connectivity index (χ0) is 15.7. The summed E-state index contributed by atoms with van der Waals surface area (Å²) in [7, 11) is -3.57. The maximum atomic E-state index is 12.3. The van der Waals surface area contributed by atoms with Crippen LogP contribution in [0.3, 0.4) is 0 Å². The molecule has 0 radical (unpaired) electrons. The minimum absolute atomic E-state index is 0. The molecule has 0 bridgehead atoms. The van der Waals surface area contributed by atoms with Gasteiger partial charge in [-0.1, -0.05) is 12.1 Å². The van der Waals surface area contributed by atoms with Crippen molar-refractivity contribution in [2.75, 3.05) is 6.54 Å². The second-order valence-corrected chi connectivity index (χ2v) is 8.26. The molecule has 0 unspecified atom stereocenters. The minimum atomic E-state index is -3.57. The maximum absolute atomic E-state index is 12.3. The Morgan fingerprint density at radius 1 is 1.36 bits per heavy atom. The molecule has 2 aromatic rings. The van der Waals surface area contributed by atoms with E-state index in [1.54, 1.807) is 32.0 Å². The Bertz CT molecular complexity index is 737. The summed E-state index contributed by atoms with van der Waals surface area (Å²) in [5.74, 6) is 0. The van der Waals surface area contributed by atoms with Gasteiger partial charge in [-0.15, -0.1) is 23.7 Å². The summed E-state index contributed by atoms with van der Waals surface area (Å²) in [6, 6.07) is 6.76. The van der Waals surface area contributed by atoms with E-state index in [0.717, 1.165) is 16.3 Å². The van der Waals surface area contributed by atoms with Crippen molar-refractivity contribution in [2.24, 2.45) is 5.73 Å². The van der Waals surface area contributed by atoms with Gasteiger partial charge in [-0.05, 0) is 32.9 Å². The fourth-order valence-corrected chi connectivity index (χ4v) is 3.71. The number of hydrogen-bond donors (Lipinski definition) is 2. The van der Waals surface area contributed by atoms with Crippen LogP contribution in [-0.4, -0.2) is 25.5 Å². The van der Waals surface area contributed by atoms with Crippen molar-refractivity contribution in [1.82, 2.24) is 9.71 Å². The third-order valence-electron chi connectivity index (χ3n) is 2.73. The number of rotatable bonds is 5. The van der Waals surface area contributed by atoms with Gasteiger partial charge in [-0.2, -0.15) is 0 Å². The SMILES string of the molecule is Cc1csc(-c2cccc(S(=O)(=O)NCC(C)(C)N)c2)n1.Cl. The van der Waals surface area contributed by atoms with Crippen LogP contribution in [0.15, 0.2) is 34.5 Å². The van der Waals surface area contributed by atoms with Crippen molar-refractivity contribution in [3.63, 3.8) is 0 Å². The predicted molar refractivity (Wildman–Crippen MR) is 93.0 cm³/mol. The quantitative estimate of drug-likeness (QED) is 0.857. The van der Waals surface area contributed by atoms with Crippen molar-refractivity contribution >= 4 is 33.8 Å². The lowest BCUT2D eigenvalue weighted by atomic mass is 10.1. The van der Waals surface area contributed by atoms with Crippen LogP contribution >= 0.6 is 23.7 Å². The van der Waals surface area contributed by atoms with Gasteiger partial charge in [0.25, 0.3) is 0 Å². The molecule has 22 heavy (non-hydrogen) atoms. The highest BCUT2D eigenvalue weighted by molar-refractivity contribution is 7.89. The van der Waals surface area contributed by atoms with Crippen molar-refractivity contribution < 1.29 is 8.42 Å². The lowest BCUT2D eigenvalue weighted by molar-refractivity contribution is 0.498. The topological polar surface area (TPSA) is 85.1 Å². The number of halogens is 1. The third-order valence-corrected chi connectivity index (χ3v) is 5.14. The van der Waals surface area contributed by atoms with Crippen molar-refractivity contribution in [1.29, 1.82) is 0 Å². The van der Waals surface area contributed by atoms with Gasteiger partial charge in [0.15, 0.2) is 0 Å². The molecule has 0 saturated heterocycles. The molecule has 0 amide bonds. The van der Waals surface area contributed by atoms with Gasteiger partial charge in [0.2, 0.25) is 10.0 Å². The fourth-order valence-electron chi connectivity index (χ4n) is 1.65. The number of nitrogens with two attached hydrogens (primary N) is 1. The number of sulfonamides is 1. The van der Waals surface area contributed by atoms with Gasteiger partial charge < -0.3 is 5.73 Å². The zero-order valence-corrected chi connectivity index (χ0v) is 15.1. The number of aromatic nitrogens is 1. The van der Waals surface area contributed by atoms with E-state index in [1.165, 1.54) is 11.3 Å². The number of hydrogen-bond acceptors (Lipinski definition) is 5. The summed E-state index contributed by atoms with van der Waals surface area (Å²) in [4.78, 5) is 4.59. The highest BCUT2D eigenvalue weighted by atomic mass is 35.5. The first-order valence-electron chi connectivity index (χ1n) is 6.48. The molecule has 5 nitrogen and oxygen atoms in total. The number of benzene rings is 1. The molecule has 0 spiro atoms. The van der Waals surface area contributed by atoms with Crippen LogP contribution in [-0.2, 0) is 10.0 Å². The van der Waals surface area contributed by atoms with Gasteiger partial charge in [0.05, 0.1) is 4.90 Å². The number of aryl methyl sites for hydroxylation is 1. The Labute approximate surface area is 141 Å². The van der Waals surface area contributed by atoms with Crippen LogP contribution in [0.4, 0.5) is 0 Å². The zero-order valence-electron chi connectivity index (χ0n) is 12.7. The Balaban J connectivity index is 0.00000242. The van der Waals surface area contributed by atoms with Crippen molar-refractivity contribution in [2.45, 2.75) is 31.2 Å². The fraction of sp³-hybridized carbons (Fsp3) is 0.357. The predicted octanol–water partition coefficient (Wildman–Crippen LogP) is 2.56. The summed E-state index contributed by atoms with van der Waals surface area (Å²) >= 11 is 1.49. The molecule has 0 fully saturated rings. The van der Waals surface area contributed by atoms with Crippen LogP contribution in [0.1, 0.15) is 19.5 Å². The molecule has 0 aliphatic rings. The second kappa shape index (κ2) is 7.06. The van der Waals surface area contributed by atoms with Crippen LogP contribution < -0.4 is 10.5 Å². The van der Waals surface area contributed by atoms with Crippen LogP contribution in [0.2, 0.25) is 0 Å². The summed E-state index contributed by atoms with van der Waals surface area (Å²) in [6.45, 7) is 5.62. The standard InChI is InChI=1S/C14H19N3O2S2.ClH/c1-10-8-20-13(17-10)11-5-4-6-12(7-11)21(18,19)16-9-14(2,3)15;/h4-8,16H,9,15H2,1-3H3;1H. The van der Waals surface area contributed by atoms with Crippen LogP contribution in [0.25, 0.3) is 10.6 Å². The van der Waals surface area contributed by atoms with Crippen molar-refractivity contribution in [3.8, 4) is 10.6 Å². The van der Waals surface area contributed by atoms with Gasteiger partial charge in [0.1, 0.15) is 5.01 Å². The molecule has 122 valence electrons. The Kier molecular flexibility index (Phi) is 6.11. The normalized spacial score (nSPS) is 12.0. The minimum Gasteiger partial charge on any atom is -0.324 e. The highest BCUT2D eigenvalue weighted by Gasteiger charge is 2.19. The molecular weight excluding hydrogens is 342 g/mol. The molecule has 3 N–H and O–H groups in total. The summed E-state index contributed by atoms with van der Waals surface area (Å²) in [5, 5.41) is 2.75. The van der Waals surface area contributed by atoms with E-state index in [0.29, 0.717) is 0 Å². The average molecular weight is 362 g/mol. The van der Waals surface area contributed by atoms with Crippen molar-refractivity contribution in [3.05, 3.63) is 35.3 Å². The first-order valence-corrected chi connectivity index (χ1v) is 8.85. The average Bonchev–Trinajstić information content (AvgIpc) is 2.83. The maximum Gasteiger partial charge on any atom is 0.240 e. The van der Waals surface area contributed by atoms with E-state index < -0.39 is 15.6 Å². The first-order chi connectivity index (χ1) is 9.67. The first kappa shape index (κ1) is 19.1. The van der Waals surface area contributed by atoms with E-state index in [4.69, 9.17) is 5.73 Å². The van der Waals surface area contributed by atoms with E-state index >= 15 is 0 Å². The summed E-state index contributed by atoms with van der Waals surface area (Å²) < 4.78 is 27.1. The molecule has 0 atom stereocenters. The van der Waals surface area contributed by atoms with Crippen LogP contribution in [0, 0.1) is 6.92 Å². The number of thiazole rings is 1. The van der Waals surface area contributed by atoms with E-state index in [9.17, 15) is 8.42 Å². The molecule has 0 saturated carbocycles. The molecule has 1 heterocycles. The van der Waals surface area contributed by atoms with E-state index in [2.05, 4.69) is 9.71 Å².